The second kappa shape index (κ2) is 5.77. The molecule has 16 heavy (non-hydrogen) atoms. The first-order valence-electron chi connectivity index (χ1n) is 5.26. The molecular formula is C10H18N2O2S2. The fourth-order valence-electron chi connectivity index (χ4n) is 1.07. The number of hydrogen-bond acceptors (Lipinski definition) is 4. The van der Waals surface area contributed by atoms with E-state index in [4.69, 9.17) is 5.73 Å². The van der Waals surface area contributed by atoms with E-state index < -0.39 is 10.0 Å². The van der Waals surface area contributed by atoms with Crippen LogP contribution in [-0.2, 0) is 16.6 Å². The molecule has 1 unspecified atom stereocenters. The van der Waals surface area contributed by atoms with E-state index in [0.717, 1.165) is 12.0 Å². The van der Waals surface area contributed by atoms with E-state index in [0.29, 0.717) is 23.2 Å². The summed E-state index contributed by atoms with van der Waals surface area (Å²) in [5, 5.41) is 1.78. The van der Waals surface area contributed by atoms with Gasteiger partial charge in [-0.15, -0.1) is 11.3 Å². The molecule has 0 fully saturated rings. The van der Waals surface area contributed by atoms with Crippen molar-refractivity contribution >= 4 is 21.4 Å². The summed E-state index contributed by atoms with van der Waals surface area (Å²) in [7, 11) is -3.34. The van der Waals surface area contributed by atoms with Crippen LogP contribution in [0.2, 0.25) is 0 Å². The van der Waals surface area contributed by atoms with Crippen LogP contribution in [0, 0.1) is 5.92 Å². The minimum absolute atomic E-state index is 0.344. The zero-order valence-electron chi connectivity index (χ0n) is 9.56. The molecule has 0 aromatic carbocycles. The maximum atomic E-state index is 11.8. The molecule has 0 amide bonds. The van der Waals surface area contributed by atoms with Gasteiger partial charge in [0.15, 0.2) is 0 Å². The first-order valence-corrected chi connectivity index (χ1v) is 7.63. The Bertz CT molecular complexity index is 426. The average molecular weight is 262 g/mol. The minimum Gasteiger partial charge on any atom is -0.326 e. The number of nitrogens with one attached hydrogen (secondary N) is 1. The quantitative estimate of drug-likeness (QED) is 0.816. The van der Waals surface area contributed by atoms with Crippen molar-refractivity contribution < 1.29 is 8.42 Å². The molecule has 0 bridgehead atoms. The second-order valence-corrected chi connectivity index (χ2v) is 6.75. The molecule has 4 nitrogen and oxygen atoms in total. The van der Waals surface area contributed by atoms with Crippen LogP contribution in [0.1, 0.15) is 25.8 Å². The van der Waals surface area contributed by atoms with Crippen molar-refractivity contribution in [2.24, 2.45) is 11.7 Å². The Hall–Kier alpha value is -0.430. The third kappa shape index (κ3) is 3.55. The van der Waals surface area contributed by atoms with Crippen LogP contribution in [0.15, 0.2) is 15.7 Å². The maximum Gasteiger partial charge on any atom is 0.250 e. The molecule has 1 aromatic rings. The Morgan fingerprint density at radius 2 is 2.25 bits per heavy atom. The van der Waals surface area contributed by atoms with Crippen molar-refractivity contribution in [3.8, 4) is 0 Å². The van der Waals surface area contributed by atoms with Gasteiger partial charge in [0.25, 0.3) is 0 Å². The Balaban J connectivity index is 2.70. The Kier molecular flexibility index (Phi) is 4.91. The van der Waals surface area contributed by atoms with Gasteiger partial charge in [-0.3, -0.25) is 0 Å². The molecule has 3 N–H and O–H groups in total. The number of thiophene rings is 1. The molecule has 1 atom stereocenters. The molecule has 0 spiro atoms. The molecule has 0 saturated carbocycles. The Morgan fingerprint density at radius 1 is 1.56 bits per heavy atom. The minimum atomic E-state index is -3.34. The van der Waals surface area contributed by atoms with E-state index in [-0.39, 0.29) is 0 Å². The van der Waals surface area contributed by atoms with Gasteiger partial charge in [-0.1, -0.05) is 20.3 Å². The van der Waals surface area contributed by atoms with Gasteiger partial charge in [0, 0.05) is 13.1 Å². The normalized spacial score (nSPS) is 13.9. The summed E-state index contributed by atoms with van der Waals surface area (Å²) in [6.07, 6.45) is 0.959. The third-order valence-corrected chi connectivity index (χ3v) is 5.36. The summed E-state index contributed by atoms with van der Waals surface area (Å²) in [5.41, 5.74) is 6.30. The van der Waals surface area contributed by atoms with Gasteiger partial charge in [-0.05, 0) is 22.9 Å². The third-order valence-electron chi connectivity index (χ3n) is 2.45. The fraction of sp³-hybridized carbons (Fsp3) is 0.600. The first-order chi connectivity index (χ1) is 7.49. The zero-order valence-corrected chi connectivity index (χ0v) is 11.2. The van der Waals surface area contributed by atoms with Gasteiger partial charge in [0.2, 0.25) is 10.0 Å². The van der Waals surface area contributed by atoms with E-state index in [1.807, 2.05) is 13.8 Å². The van der Waals surface area contributed by atoms with E-state index in [9.17, 15) is 8.42 Å². The van der Waals surface area contributed by atoms with Gasteiger partial charge in [0.1, 0.15) is 4.21 Å². The highest BCUT2D eigenvalue weighted by Gasteiger charge is 2.16. The van der Waals surface area contributed by atoms with Crippen LogP contribution < -0.4 is 10.5 Å². The number of rotatable bonds is 6. The van der Waals surface area contributed by atoms with Crippen molar-refractivity contribution in [2.75, 3.05) is 6.54 Å². The lowest BCUT2D eigenvalue weighted by Crippen LogP contribution is -2.27. The van der Waals surface area contributed by atoms with Crippen molar-refractivity contribution in [1.29, 1.82) is 0 Å². The van der Waals surface area contributed by atoms with Crippen LogP contribution in [-0.4, -0.2) is 15.0 Å². The van der Waals surface area contributed by atoms with Crippen molar-refractivity contribution in [3.05, 3.63) is 17.0 Å². The lowest BCUT2D eigenvalue weighted by molar-refractivity contribution is 0.529. The molecule has 6 heteroatoms. The van der Waals surface area contributed by atoms with Crippen molar-refractivity contribution in [3.63, 3.8) is 0 Å². The monoisotopic (exact) mass is 262 g/mol. The summed E-state index contributed by atoms with van der Waals surface area (Å²) in [6, 6.07) is 1.63. The molecule has 0 aliphatic heterocycles. The predicted octanol–water partition coefficient (Wildman–Crippen LogP) is 1.53. The summed E-state index contributed by atoms with van der Waals surface area (Å²) < 4.78 is 26.6. The van der Waals surface area contributed by atoms with Gasteiger partial charge in [0.05, 0.1) is 0 Å². The highest BCUT2D eigenvalue weighted by atomic mass is 32.2. The largest absolute Gasteiger partial charge is 0.326 e. The van der Waals surface area contributed by atoms with Crippen LogP contribution in [0.4, 0.5) is 0 Å². The molecule has 1 heterocycles. The molecule has 0 aliphatic rings. The highest BCUT2D eigenvalue weighted by molar-refractivity contribution is 7.91. The lowest BCUT2D eigenvalue weighted by Gasteiger charge is -2.09. The van der Waals surface area contributed by atoms with Crippen LogP contribution in [0.5, 0.6) is 0 Å². The van der Waals surface area contributed by atoms with Gasteiger partial charge < -0.3 is 5.73 Å². The molecule has 0 radical (unpaired) electrons. The number of sulfonamides is 1. The van der Waals surface area contributed by atoms with Gasteiger partial charge >= 0.3 is 0 Å². The van der Waals surface area contributed by atoms with E-state index in [1.165, 1.54) is 11.3 Å². The molecule has 92 valence electrons. The van der Waals surface area contributed by atoms with Gasteiger partial charge in [-0.2, -0.15) is 0 Å². The first kappa shape index (κ1) is 13.6. The molecular weight excluding hydrogens is 244 g/mol. The average Bonchev–Trinajstić information content (AvgIpc) is 2.75. The Labute approximate surface area is 101 Å². The fourth-order valence-corrected chi connectivity index (χ4v) is 3.50. The molecule has 0 saturated heterocycles. The summed E-state index contributed by atoms with van der Waals surface area (Å²) in [5.74, 6) is 0.351. The summed E-state index contributed by atoms with van der Waals surface area (Å²) >= 11 is 1.21. The van der Waals surface area contributed by atoms with E-state index >= 15 is 0 Å². The second-order valence-electron chi connectivity index (χ2n) is 3.84. The molecule has 1 aromatic heterocycles. The van der Waals surface area contributed by atoms with Gasteiger partial charge in [-0.25, -0.2) is 13.1 Å². The topological polar surface area (TPSA) is 72.2 Å². The molecule has 1 rings (SSSR count). The van der Waals surface area contributed by atoms with E-state index in [2.05, 4.69) is 4.72 Å². The maximum absolute atomic E-state index is 11.8. The zero-order chi connectivity index (χ0) is 12.2. The summed E-state index contributed by atoms with van der Waals surface area (Å²) in [6.45, 7) is 4.91. The van der Waals surface area contributed by atoms with Crippen molar-refractivity contribution in [1.82, 2.24) is 4.72 Å². The number of nitrogens with two attached hydrogens (primary N) is 1. The van der Waals surface area contributed by atoms with Crippen LogP contribution in [0.3, 0.4) is 0 Å². The number of hydrogen-bond donors (Lipinski definition) is 2. The van der Waals surface area contributed by atoms with E-state index in [1.54, 1.807) is 11.4 Å². The van der Waals surface area contributed by atoms with Crippen LogP contribution >= 0.6 is 11.3 Å². The predicted molar refractivity (Wildman–Crippen MR) is 66.9 cm³/mol. The van der Waals surface area contributed by atoms with Crippen LogP contribution in [0.25, 0.3) is 0 Å². The SMILES string of the molecule is CCC(C)CNS(=O)(=O)c1cc(CN)cs1. The smallest absolute Gasteiger partial charge is 0.250 e. The summed E-state index contributed by atoms with van der Waals surface area (Å²) in [4.78, 5) is 0. The standard InChI is InChI=1S/C10H18N2O2S2/c1-3-8(2)6-12-16(13,14)10-4-9(5-11)7-15-10/h4,7-8,12H,3,5-6,11H2,1-2H3. The Morgan fingerprint density at radius 3 is 2.75 bits per heavy atom. The highest BCUT2D eigenvalue weighted by Crippen LogP contribution is 2.19. The van der Waals surface area contributed by atoms with Crippen molar-refractivity contribution in [2.45, 2.75) is 31.0 Å². The molecule has 0 aliphatic carbocycles. The lowest BCUT2D eigenvalue weighted by atomic mass is 10.1.